The van der Waals surface area contributed by atoms with Crippen molar-refractivity contribution in [2.45, 2.75) is 20.0 Å². The third kappa shape index (κ3) is 3.42. The zero-order valence-electron chi connectivity index (χ0n) is 11.9. The number of rotatable bonds is 6. The molecule has 1 N–H and O–H groups in total. The van der Waals surface area contributed by atoms with Gasteiger partial charge in [-0.05, 0) is 19.1 Å². The van der Waals surface area contributed by atoms with Crippen LogP contribution >= 0.6 is 0 Å². The number of aromatic nitrogens is 3. The van der Waals surface area contributed by atoms with Crippen molar-refractivity contribution in [1.82, 2.24) is 20.3 Å². The molecule has 0 aliphatic heterocycles. The van der Waals surface area contributed by atoms with Crippen LogP contribution in [0, 0.1) is 6.92 Å². The molecule has 0 saturated heterocycles. The summed E-state index contributed by atoms with van der Waals surface area (Å²) in [4.78, 5) is 12.6. The molecular formula is C14H18N4O2. The maximum Gasteiger partial charge on any atom is 0.224 e. The number of nitrogens with zero attached hydrogens (tertiary/aromatic N) is 3. The molecule has 0 atom stereocenters. The zero-order valence-corrected chi connectivity index (χ0v) is 11.9. The molecule has 2 rings (SSSR count). The lowest BCUT2D eigenvalue weighted by atomic mass is 10.2. The zero-order chi connectivity index (χ0) is 14.4. The van der Waals surface area contributed by atoms with Crippen molar-refractivity contribution in [1.29, 1.82) is 0 Å². The molecule has 0 spiro atoms. The molecule has 2 heterocycles. The van der Waals surface area contributed by atoms with Crippen LogP contribution in [-0.2, 0) is 13.1 Å². The number of hydrogen-bond acceptors (Lipinski definition) is 6. The molecule has 20 heavy (non-hydrogen) atoms. The summed E-state index contributed by atoms with van der Waals surface area (Å²) in [6.07, 6.45) is 1.42. The summed E-state index contributed by atoms with van der Waals surface area (Å²) in [7, 11) is 3.15. The second kappa shape index (κ2) is 6.81. The van der Waals surface area contributed by atoms with Crippen molar-refractivity contribution >= 4 is 0 Å². The average molecular weight is 274 g/mol. The normalized spacial score (nSPS) is 10.3. The van der Waals surface area contributed by atoms with E-state index in [1.54, 1.807) is 14.2 Å². The Balaban J connectivity index is 2.03. The number of hydrogen-bond donors (Lipinski definition) is 1. The van der Waals surface area contributed by atoms with E-state index < -0.39 is 0 Å². The minimum absolute atomic E-state index is 0.515. The molecular weight excluding hydrogens is 256 g/mol. The summed E-state index contributed by atoms with van der Waals surface area (Å²) in [5.41, 5.74) is 2.78. The standard InChI is InChI=1S/C14H18N4O2/c1-10-5-4-6-11(18-10)7-15-8-12-13(19-2)16-9-17-14(12)20-3/h4-6,9,15H,7-8H2,1-3H3. The quantitative estimate of drug-likeness (QED) is 0.860. The van der Waals surface area contributed by atoms with Crippen molar-refractivity contribution in [2.24, 2.45) is 0 Å². The fourth-order valence-electron chi connectivity index (χ4n) is 1.90. The number of nitrogens with one attached hydrogen (secondary N) is 1. The van der Waals surface area contributed by atoms with Crippen LogP contribution in [0.3, 0.4) is 0 Å². The van der Waals surface area contributed by atoms with Gasteiger partial charge in [0.05, 0.1) is 25.5 Å². The molecule has 0 unspecified atom stereocenters. The van der Waals surface area contributed by atoms with Gasteiger partial charge in [-0.3, -0.25) is 4.98 Å². The van der Waals surface area contributed by atoms with Crippen molar-refractivity contribution in [3.63, 3.8) is 0 Å². The SMILES string of the molecule is COc1ncnc(OC)c1CNCc1cccc(C)n1. The van der Waals surface area contributed by atoms with E-state index in [4.69, 9.17) is 9.47 Å². The number of pyridine rings is 1. The summed E-state index contributed by atoms with van der Waals surface area (Å²) >= 11 is 0. The minimum atomic E-state index is 0.515. The van der Waals surface area contributed by atoms with Gasteiger partial charge in [0.15, 0.2) is 0 Å². The van der Waals surface area contributed by atoms with Crippen molar-refractivity contribution in [2.75, 3.05) is 14.2 Å². The topological polar surface area (TPSA) is 69.2 Å². The van der Waals surface area contributed by atoms with E-state index in [2.05, 4.69) is 20.3 Å². The van der Waals surface area contributed by atoms with Crippen LogP contribution in [0.25, 0.3) is 0 Å². The second-order valence-electron chi connectivity index (χ2n) is 4.24. The van der Waals surface area contributed by atoms with Gasteiger partial charge in [-0.25, -0.2) is 9.97 Å². The molecule has 106 valence electrons. The molecule has 0 radical (unpaired) electrons. The summed E-state index contributed by atoms with van der Waals surface area (Å²) in [6.45, 7) is 3.17. The Labute approximate surface area is 118 Å². The Kier molecular flexibility index (Phi) is 4.84. The highest BCUT2D eigenvalue weighted by atomic mass is 16.5. The molecule has 6 nitrogen and oxygen atoms in total. The Morgan fingerprint density at radius 2 is 1.75 bits per heavy atom. The minimum Gasteiger partial charge on any atom is -0.481 e. The number of methoxy groups -OCH3 is 2. The molecule has 0 fully saturated rings. The lowest BCUT2D eigenvalue weighted by Crippen LogP contribution is -2.16. The van der Waals surface area contributed by atoms with Crippen LogP contribution in [0.15, 0.2) is 24.5 Å². The van der Waals surface area contributed by atoms with Crippen molar-refractivity contribution in [3.8, 4) is 11.8 Å². The van der Waals surface area contributed by atoms with Gasteiger partial charge in [-0.15, -0.1) is 0 Å². The van der Waals surface area contributed by atoms with Gasteiger partial charge in [-0.1, -0.05) is 6.07 Å². The van der Waals surface area contributed by atoms with Gasteiger partial charge in [0.2, 0.25) is 11.8 Å². The largest absolute Gasteiger partial charge is 0.481 e. The maximum absolute atomic E-state index is 5.22. The summed E-state index contributed by atoms with van der Waals surface area (Å²) < 4.78 is 10.4. The lowest BCUT2D eigenvalue weighted by Gasteiger charge is -2.11. The molecule has 0 bridgehead atoms. The second-order valence-corrected chi connectivity index (χ2v) is 4.24. The van der Waals surface area contributed by atoms with Gasteiger partial charge in [0.1, 0.15) is 6.33 Å². The lowest BCUT2D eigenvalue weighted by molar-refractivity contribution is 0.359. The molecule has 0 aliphatic rings. The van der Waals surface area contributed by atoms with Crippen LogP contribution in [0.1, 0.15) is 17.0 Å². The predicted octanol–water partition coefficient (Wildman–Crippen LogP) is 1.49. The third-order valence-electron chi connectivity index (χ3n) is 2.81. The first kappa shape index (κ1) is 14.2. The van der Waals surface area contributed by atoms with E-state index in [1.165, 1.54) is 6.33 Å². The monoisotopic (exact) mass is 274 g/mol. The highest BCUT2D eigenvalue weighted by Crippen LogP contribution is 2.22. The first-order chi connectivity index (χ1) is 9.74. The van der Waals surface area contributed by atoms with Crippen LogP contribution in [0.2, 0.25) is 0 Å². The van der Waals surface area contributed by atoms with E-state index >= 15 is 0 Å². The molecule has 0 amide bonds. The summed E-state index contributed by atoms with van der Waals surface area (Å²) in [5, 5.41) is 3.29. The van der Waals surface area contributed by atoms with E-state index in [0.717, 1.165) is 17.0 Å². The predicted molar refractivity (Wildman–Crippen MR) is 74.7 cm³/mol. The van der Waals surface area contributed by atoms with Gasteiger partial charge >= 0.3 is 0 Å². The summed E-state index contributed by atoms with van der Waals surface area (Å²) in [6, 6.07) is 5.95. The highest BCUT2D eigenvalue weighted by molar-refractivity contribution is 5.34. The van der Waals surface area contributed by atoms with Crippen LogP contribution in [0.5, 0.6) is 11.8 Å². The first-order valence-electron chi connectivity index (χ1n) is 6.29. The van der Waals surface area contributed by atoms with E-state index in [-0.39, 0.29) is 0 Å². The van der Waals surface area contributed by atoms with E-state index in [9.17, 15) is 0 Å². The van der Waals surface area contributed by atoms with Crippen LogP contribution in [-0.4, -0.2) is 29.2 Å². The average Bonchev–Trinajstić information content (AvgIpc) is 2.47. The molecule has 0 saturated carbocycles. The van der Waals surface area contributed by atoms with Gasteiger partial charge in [0, 0.05) is 18.8 Å². The van der Waals surface area contributed by atoms with Crippen molar-refractivity contribution in [3.05, 3.63) is 41.5 Å². The Morgan fingerprint density at radius 1 is 1.05 bits per heavy atom. The smallest absolute Gasteiger partial charge is 0.224 e. The van der Waals surface area contributed by atoms with Gasteiger partial charge < -0.3 is 14.8 Å². The summed E-state index contributed by atoms with van der Waals surface area (Å²) in [5.74, 6) is 1.03. The maximum atomic E-state index is 5.22. The Bertz CT molecular complexity index is 553. The molecule has 6 heteroatoms. The van der Waals surface area contributed by atoms with Crippen LogP contribution < -0.4 is 14.8 Å². The highest BCUT2D eigenvalue weighted by Gasteiger charge is 2.12. The van der Waals surface area contributed by atoms with Gasteiger partial charge in [0.25, 0.3) is 0 Å². The molecule has 0 aromatic carbocycles. The van der Waals surface area contributed by atoms with Crippen molar-refractivity contribution < 1.29 is 9.47 Å². The molecule has 0 aliphatic carbocycles. The van der Waals surface area contributed by atoms with Gasteiger partial charge in [-0.2, -0.15) is 0 Å². The Morgan fingerprint density at radius 3 is 2.35 bits per heavy atom. The first-order valence-corrected chi connectivity index (χ1v) is 6.29. The van der Waals surface area contributed by atoms with Crippen LogP contribution in [0.4, 0.5) is 0 Å². The molecule has 2 aromatic heterocycles. The molecule has 2 aromatic rings. The fourth-order valence-corrected chi connectivity index (χ4v) is 1.90. The fraction of sp³-hybridized carbons (Fsp3) is 0.357. The van der Waals surface area contributed by atoms with E-state index in [0.29, 0.717) is 24.8 Å². The number of ether oxygens (including phenoxy) is 2. The third-order valence-corrected chi connectivity index (χ3v) is 2.81. The Hall–Kier alpha value is -2.21. The van der Waals surface area contributed by atoms with E-state index in [1.807, 2.05) is 25.1 Å². The number of aryl methyl sites for hydroxylation is 1.